The van der Waals surface area contributed by atoms with Crippen molar-refractivity contribution >= 4 is 23.7 Å². The van der Waals surface area contributed by atoms with Gasteiger partial charge in [-0.2, -0.15) is 4.98 Å². The van der Waals surface area contributed by atoms with Gasteiger partial charge in [0.05, 0.1) is 25.4 Å². The molecule has 33 heavy (non-hydrogen) atoms. The standard InChI is InChI=1S/C24H34N4O4S/c1-8-33-24-26-23-25-16(6)20(22(29)32-15(4)5)21(28(23)27-24)17-9-10-18(19(13-17)30-7)31-12-11-14(2)3/h9-10,13-15,21H,8,11-12H2,1-7H3,(H,25,26,27). The van der Waals surface area contributed by atoms with Gasteiger partial charge in [-0.15, -0.1) is 5.10 Å². The summed E-state index contributed by atoms with van der Waals surface area (Å²) in [6.45, 7) is 12.5. The van der Waals surface area contributed by atoms with E-state index in [1.54, 1.807) is 23.6 Å². The molecule has 0 saturated heterocycles. The minimum Gasteiger partial charge on any atom is -0.493 e. The molecular weight excluding hydrogens is 440 g/mol. The Labute approximate surface area is 200 Å². The van der Waals surface area contributed by atoms with Crippen molar-refractivity contribution in [2.75, 3.05) is 24.8 Å². The van der Waals surface area contributed by atoms with Crippen LogP contribution in [-0.2, 0) is 9.53 Å². The maximum Gasteiger partial charge on any atom is 0.338 e. The molecule has 1 aliphatic heterocycles. The Morgan fingerprint density at radius 2 is 2.00 bits per heavy atom. The maximum atomic E-state index is 13.1. The number of rotatable bonds is 10. The molecule has 0 saturated carbocycles. The van der Waals surface area contributed by atoms with E-state index in [4.69, 9.17) is 14.2 Å². The van der Waals surface area contributed by atoms with E-state index in [1.165, 1.54) is 0 Å². The van der Waals surface area contributed by atoms with Crippen LogP contribution >= 0.6 is 11.8 Å². The second-order valence-electron chi connectivity index (χ2n) is 8.56. The number of carbonyl (C=O) groups excluding carboxylic acids is 1. The number of allylic oxidation sites excluding steroid dienone is 1. The minimum absolute atomic E-state index is 0.243. The molecular formula is C24H34N4O4S. The highest BCUT2D eigenvalue weighted by Crippen LogP contribution is 2.40. The molecule has 0 fully saturated rings. The highest BCUT2D eigenvalue weighted by atomic mass is 32.2. The summed E-state index contributed by atoms with van der Waals surface area (Å²) in [5.41, 5.74) is 2.01. The molecule has 1 unspecified atom stereocenters. The molecule has 1 aliphatic rings. The smallest absolute Gasteiger partial charge is 0.338 e. The van der Waals surface area contributed by atoms with E-state index in [-0.39, 0.29) is 12.1 Å². The van der Waals surface area contributed by atoms with Crippen LogP contribution in [0.4, 0.5) is 5.95 Å². The van der Waals surface area contributed by atoms with Crippen molar-refractivity contribution in [1.82, 2.24) is 14.8 Å². The van der Waals surface area contributed by atoms with Gasteiger partial charge in [-0.3, -0.25) is 0 Å². The molecule has 3 rings (SSSR count). The molecule has 1 aromatic heterocycles. The number of thioether (sulfide) groups is 1. The van der Waals surface area contributed by atoms with Crippen LogP contribution in [-0.4, -0.2) is 46.3 Å². The first-order valence-corrected chi connectivity index (χ1v) is 12.3. The van der Waals surface area contributed by atoms with E-state index in [0.717, 1.165) is 17.7 Å². The molecule has 0 amide bonds. The zero-order valence-electron chi connectivity index (χ0n) is 20.5. The topological polar surface area (TPSA) is 87.5 Å². The lowest BCUT2D eigenvalue weighted by molar-refractivity contribution is -0.143. The number of hydrogen-bond donors (Lipinski definition) is 1. The molecule has 2 heterocycles. The molecule has 180 valence electrons. The molecule has 9 heteroatoms. The minimum atomic E-state index is -0.509. The lowest BCUT2D eigenvalue weighted by Crippen LogP contribution is -2.30. The maximum absolute atomic E-state index is 13.1. The summed E-state index contributed by atoms with van der Waals surface area (Å²) in [5.74, 6) is 2.87. The molecule has 0 radical (unpaired) electrons. The van der Waals surface area contributed by atoms with Gasteiger partial charge in [0.1, 0.15) is 6.04 Å². The van der Waals surface area contributed by atoms with Crippen LogP contribution in [0.5, 0.6) is 11.5 Å². The number of aromatic nitrogens is 3. The zero-order chi connectivity index (χ0) is 24.1. The van der Waals surface area contributed by atoms with Gasteiger partial charge >= 0.3 is 5.97 Å². The fourth-order valence-corrected chi connectivity index (χ4v) is 4.10. The van der Waals surface area contributed by atoms with Crippen molar-refractivity contribution in [3.63, 3.8) is 0 Å². The molecule has 1 aromatic carbocycles. The van der Waals surface area contributed by atoms with E-state index in [2.05, 4.69) is 29.2 Å². The Balaban J connectivity index is 2.05. The van der Waals surface area contributed by atoms with Crippen molar-refractivity contribution < 1.29 is 19.0 Å². The monoisotopic (exact) mass is 474 g/mol. The number of nitrogens with zero attached hydrogens (tertiary/aromatic N) is 3. The third-order valence-corrected chi connectivity index (χ3v) is 5.85. The van der Waals surface area contributed by atoms with Gasteiger partial charge in [0, 0.05) is 5.70 Å². The van der Waals surface area contributed by atoms with Gasteiger partial charge in [0.25, 0.3) is 0 Å². The van der Waals surface area contributed by atoms with Crippen LogP contribution < -0.4 is 14.8 Å². The first-order chi connectivity index (χ1) is 15.7. The number of ether oxygens (including phenoxy) is 3. The Kier molecular flexibility index (Phi) is 8.29. The fourth-order valence-electron chi connectivity index (χ4n) is 3.55. The Hall–Kier alpha value is -2.68. The average molecular weight is 475 g/mol. The SMILES string of the molecule is CCSc1nc2n(n1)C(c1ccc(OCCC(C)C)c(OC)c1)C(C(=O)OC(C)C)=C(C)N2. The number of anilines is 1. The van der Waals surface area contributed by atoms with Gasteiger partial charge in [0.2, 0.25) is 11.1 Å². The van der Waals surface area contributed by atoms with Gasteiger partial charge in [-0.25, -0.2) is 9.48 Å². The van der Waals surface area contributed by atoms with Gasteiger partial charge < -0.3 is 19.5 Å². The summed E-state index contributed by atoms with van der Waals surface area (Å²) in [4.78, 5) is 17.7. The zero-order valence-corrected chi connectivity index (χ0v) is 21.3. The predicted octanol–water partition coefficient (Wildman–Crippen LogP) is 5.06. The average Bonchev–Trinajstić information content (AvgIpc) is 3.14. The third-order valence-electron chi connectivity index (χ3n) is 5.13. The lowest BCUT2D eigenvalue weighted by atomic mass is 9.95. The molecule has 8 nitrogen and oxygen atoms in total. The quantitative estimate of drug-likeness (QED) is 0.377. The largest absolute Gasteiger partial charge is 0.493 e. The second kappa shape index (κ2) is 11.0. The summed E-state index contributed by atoms with van der Waals surface area (Å²) >= 11 is 1.55. The highest BCUT2D eigenvalue weighted by Gasteiger charge is 2.36. The summed E-state index contributed by atoms with van der Waals surface area (Å²) in [5, 5.41) is 8.55. The Bertz CT molecular complexity index is 1020. The molecule has 0 aliphatic carbocycles. The number of esters is 1. The number of methoxy groups -OCH3 is 1. The van der Waals surface area contributed by atoms with E-state index in [0.29, 0.717) is 46.4 Å². The molecule has 2 aromatic rings. The van der Waals surface area contributed by atoms with E-state index in [9.17, 15) is 4.79 Å². The molecule has 0 spiro atoms. The number of benzene rings is 1. The second-order valence-corrected chi connectivity index (χ2v) is 9.79. The van der Waals surface area contributed by atoms with E-state index >= 15 is 0 Å². The first-order valence-electron chi connectivity index (χ1n) is 11.3. The van der Waals surface area contributed by atoms with Gasteiger partial charge in [-0.05, 0) is 56.6 Å². The van der Waals surface area contributed by atoms with Crippen molar-refractivity contribution in [2.24, 2.45) is 5.92 Å². The van der Waals surface area contributed by atoms with Crippen LogP contribution in [0.3, 0.4) is 0 Å². The van der Waals surface area contributed by atoms with Crippen molar-refractivity contribution in [3.05, 3.63) is 35.0 Å². The fraction of sp³-hybridized carbons (Fsp3) is 0.542. The third kappa shape index (κ3) is 5.82. The number of hydrogen-bond acceptors (Lipinski definition) is 8. The highest BCUT2D eigenvalue weighted by molar-refractivity contribution is 7.99. The van der Waals surface area contributed by atoms with Crippen LogP contribution in [0.15, 0.2) is 34.6 Å². The van der Waals surface area contributed by atoms with Crippen molar-refractivity contribution in [2.45, 2.75) is 65.3 Å². The predicted molar refractivity (Wildman–Crippen MR) is 130 cm³/mol. The van der Waals surface area contributed by atoms with Crippen molar-refractivity contribution in [1.29, 1.82) is 0 Å². The molecule has 1 N–H and O–H groups in total. The van der Waals surface area contributed by atoms with Crippen LogP contribution in [0.2, 0.25) is 0 Å². The van der Waals surface area contributed by atoms with Crippen molar-refractivity contribution in [3.8, 4) is 11.5 Å². The van der Waals surface area contributed by atoms with E-state index in [1.807, 2.05) is 45.9 Å². The van der Waals surface area contributed by atoms with E-state index < -0.39 is 6.04 Å². The normalized spacial score (nSPS) is 15.5. The van der Waals surface area contributed by atoms with Crippen LogP contribution in [0.25, 0.3) is 0 Å². The number of fused-ring (bicyclic) bond motifs is 1. The summed E-state index contributed by atoms with van der Waals surface area (Å²) < 4.78 is 18.9. The molecule has 1 atom stereocenters. The summed E-state index contributed by atoms with van der Waals surface area (Å²) in [6.07, 6.45) is 0.708. The van der Waals surface area contributed by atoms with Gasteiger partial charge in [0.15, 0.2) is 11.5 Å². The summed E-state index contributed by atoms with van der Waals surface area (Å²) in [7, 11) is 1.61. The Morgan fingerprint density at radius 3 is 2.64 bits per heavy atom. The lowest BCUT2D eigenvalue weighted by Gasteiger charge is -2.29. The van der Waals surface area contributed by atoms with Gasteiger partial charge in [-0.1, -0.05) is 38.6 Å². The Morgan fingerprint density at radius 1 is 1.24 bits per heavy atom. The number of carbonyl (C=O) groups is 1. The summed E-state index contributed by atoms with van der Waals surface area (Å²) in [6, 6.07) is 5.21. The number of nitrogens with one attached hydrogen (secondary N) is 1. The first kappa shape index (κ1) is 25.0. The van der Waals surface area contributed by atoms with Crippen LogP contribution in [0, 0.1) is 5.92 Å². The molecule has 0 bridgehead atoms. The van der Waals surface area contributed by atoms with Crippen LogP contribution in [0.1, 0.15) is 59.6 Å².